The SMILES string of the molecule is O=C(O)CCc1cccnc1CCC1CCN(C(=O)CCc2ccc3c(n2)NCCC3)CC1. The summed E-state index contributed by atoms with van der Waals surface area (Å²) in [6.45, 7) is 2.61. The Balaban J connectivity index is 1.20. The van der Waals surface area contributed by atoms with E-state index in [0.29, 0.717) is 25.2 Å². The third-order valence-corrected chi connectivity index (χ3v) is 6.90. The summed E-state index contributed by atoms with van der Waals surface area (Å²) in [4.78, 5) is 34.9. The fraction of sp³-hybridized carbons (Fsp3) is 0.538. The lowest BCUT2D eigenvalue weighted by atomic mass is 9.90. The second-order valence-corrected chi connectivity index (χ2v) is 9.21. The lowest BCUT2D eigenvalue weighted by Crippen LogP contribution is -2.38. The molecule has 2 aliphatic rings. The first kappa shape index (κ1) is 23.2. The number of carbonyl (C=O) groups excluding carboxylic acids is 1. The average Bonchev–Trinajstić information content (AvgIpc) is 2.85. The summed E-state index contributed by atoms with van der Waals surface area (Å²) in [6, 6.07) is 8.07. The van der Waals surface area contributed by atoms with Crippen LogP contribution in [0.1, 0.15) is 61.0 Å². The van der Waals surface area contributed by atoms with E-state index in [4.69, 9.17) is 10.1 Å². The van der Waals surface area contributed by atoms with Gasteiger partial charge in [0.25, 0.3) is 0 Å². The van der Waals surface area contributed by atoms with E-state index in [1.54, 1.807) is 6.20 Å². The van der Waals surface area contributed by atoms with E-state index < -0.39 is 5.97 Å². The summed E-state index contributed by atoms with van der Waals surface area (Å²) in [5.74, 6) is 1.02. The molecule has 2 aliphatic heterocycles. The molecule has 1 fully saturated rings. The first-order valence-electron chi connectivity index (χ1n) is 12.2. The third kappa shape index (κ3) is 6.53. The van der Waals surface area contributed by atoms with Crippen LogP contribution < -0.4 is 5.32 Å². The molecule has 2 N–H and O–H groups in total. The number of rotatable bonds is 9. The van der Waals surface area contributed by atoms with Gasteiger partial charge in [0, 0.05) is 50.1 Å². The number of carboxylic acids is 1. The fourth-order valence-electron chi connectivity index (χ4n) is 4.88. The number of pyridine rings is 2. The highest BCUT2D eigenvalue weighted by Crippen LogP contribution is 2.24. The van der Waals surface area contributed by atoms with Gasteiger partial charge in [-0.3, -0.25) is 14.6 Å². The average molecular weight is 451 g/mol. The number of carboxylic acid groups (broad SMARTS) is 1. The summed E-state index contributed by atoms with van der Waals surface area (Å²) < 4.78 is 0. The van der Waals surface area contributed by atoms with E-state index in [1.165, 1.54) is 5.56 Å². The van der Waals surface area contributed by atoms with Crippen LogP contribution in [0, 0.1) is 5.92 Å². The van der Waals surface area contributed by atoms with Crippen molar-refractivity contribution in [3.05, 3.63) is 53.0 Å². The number of piperidine rings is 1. The quantitative estimate of drug-likeness (QED) is 0.605. The van der Waals surface area contributed by atoms with Crippen LogP contribution in [0.5, 0.6) is 0 Å². The molecule has 0 bridgehead atoms. The summed E-state index contributed by atoms with van der Waals surface area (Å²) >= 11 is 0. The number of nitrogens with one attached hydrogen (secondary N) is 1. The second kappa shape index (κ2) is 11.3. The van der Waals surface area contributed by atoms with Gasteiger partial charge in [-0.05, 0) is 80.5 Å². The molecule has 1 saturated heterocycles. The molecule has 0 spiro atoms. The van der Waals surface area contributed by atoms with Gasteiger partial charge in [0.1, 0.15) is 5.82 Å². The minimum absolute atomic E-state index is 0.136. The zero-order valence-corrected chi connectivity index (χ0v) is 19.3. The van der Waals surface area contributed by atoms with Gasteiger partial charge >= 0.3 is 5.97 Å². The van der Waals surface area contributed by atoms with Gasteiger partial charge in [0.2, 0.25) is 5.91 Å². The predicted molar refractivity (Wildman–Crippen MR) is 127 cm³/mol. The molecule has 4 heterocycles. The van der Waals surface area contributed by atoms with Crippen molar-refractivity contribution in [3.8, 4) is 0 Å². The number of aliphatic carboxylic acids is 1. The predicted octanol–water partition coefficient (Wildman–Crippen LogP) is 3.66. The Morgan fingerprint density at radius 3 is 2.76 bits per heavy atom. The summed E-state index contributed by atoms with van der Waals surface area (Å²) in [5, 5.41) is 12.3. The zero-order valence-electron chi connectivity index (χ0n) is 19.3. The van der Waals surface area contributed by atoms with Gasteiger partial charge in [0.15, 0.2) is 0 Å². The van der Waals surface area contributed by atoms with Gasteiger partial charge in [-0.2, -0.15) is 0 Å². The number of amides is 1. The van der Waals surface area contributed by atoms with Crippen LogP contribution >= 0.6 is 0 Å². The number of aryl methyl sites for hydroxylation is 4. The summed E-state index contributed by atoms with van der Waals surface area (Å²) in [5.41, 5.74) is 4.32. The van der Waals surface area contributed by atoms with Crippen LogP contribution in [0.2, 0.25) is 0 Å². The van der Waals surface area contributed by atoms with Crippen molar-refractivity contribution >= 4 is 17.7 Å². The van der Waals surface area contributed by atoms with Crippen molar-refractivity contribution in [2.24, 2.45) is 5.92 Å². The molecule has 0 aliphatic carbocycles. The number of fused-ring (bicyclic) bond motifs is 1. The van der Waals surface area contributed by atoms with Crippen molar-refractivity contribution in [3.63, 3.8) is 0 Å². The van der Waals surface area contributed by atoms with E-state index in [2.05, 4.69) is 22.4 Å². The summed E-state index contributed by atoms with van der Waals surface area (Å²) in [7, 11) is 0. The lowest BCUT2D eigenvalue weighted by Gasteiger charge is -2.32. The molecule has 0 unspecified atom stereocenters. The lowest BCUT2D eigenvalue weighted by molar-refractivity contribution is -0.137. The van der Waals surface area contributed by atoms with Gasteiger partial charge in [-0.25, -0.2) is 4.98 Å². The van der Waals surface area contributed by atoms with Crippen LogP contribution in [0.25, 0.3) is 0 Å². The maximum Gasteiger partial charge on any atom is 0.303 e. The molecule has 0 aromatic carbocycles. The van der Waals surface area contributed by atoms with Crippen LogP contribution in [0.4, 0.5) is 5.82 Å². The van der Waals surface area contributed by atoms with Gasteiger partial charge in [-0.15, -0.1) is 0 Å². The standard InChI is InChI=1S/C26H34N4O3/c31-24(11-9-22-8-6-21-4-2-16-28-26(21)29-22)30-17-13-19(14-18-30)5-10-23-20(3-1-15-27-23)7-12-25(32)33/h1,3,6,8,15,19H,2,4-5,7,9-14,16-18H2,(H,28,29)(H,32,33). The summed E-state index contributed by atoms with van der Waals surface area (Å²) in [6.07, 6.45) is 9.81. The number of nitrogens with zero attached hydrogens (tertiary/aromatic N) is 3. The zero-order chi connectivity index (χ0) is 23.0. The number of hydrogen-bond donors (Lipinski definition) is 2. The Morgan fingerprint density at radius 1 is 1.09 bits per heavy atom. The Hall–Kier alpha value is -2.96. The topological polar surface area (TPSA) is 95.4 Å². The molecule has 2 aromatic rings. The molecule has 2 aromatic heterocycles. The Morgan fingerprint density at radius 2 is 1.94 bits per heavy atom. The van der Waals surface area contributed by atoms with E-state index in [9.17, 15) is 9.59 Å². The van der Waals surface area contributed by atoms with Crippen molar-refractivity contribution in [1.82, 2.24) is 14.9 Å². The molecule has 0 saturated carbocycles. The number of hydrogen-bond acceptors (Lipinski definition) is 5. The van der Waals surface area contributed by atoms with Crippen molar-refractivity contribution in [2.45, 2.75) is 64.2 Å². The minimum atomic E-state index is -0.777. The molecule has 1 amide bonds. The molecular weight excluding hydrogens is 416 g/mol. The highest BCUT2D eigenvalue weighted by molar-refractivity contribution is 5.76. The maximum atomic E-state index is 12.7. The molecule has 7 heteroatoms. The Kier molecular flexibility index (Phi) is 7.92. The van der Waals surface area contributed by atoms with Crippen molar-refractivity contribution in [1.29, 1.82) is 0 Å². The molecular formula is C26H34N4O3. The van der Waals surface area contributed by atoms with Crippen LogP contribution in [-0.4, -0.2) is 51.5 Å². The normalized spacial score (nSPS) is 16.2. The number of aromatic nitrogens is 2. The highest BCUT2D eigenvalue weighted by Gasteiger charge is 2.23. The molecule has 7 nitrogen and oxygen atoms in total. The van der Waals surface area contributed by atoms with Gasteiger partial charge in [-0.1, -0.05) is 12.1 Å². The first-order chi connectivity index (χ1) is 16.1. The maximum absolute atomic E-state index is 12.7. The van der Waals surface area contributed by atoms with E-state index >= 15 is 0 Å². The fourth-order valence-corrected chi connectivity index (χ4v) is 4.88. The first-order valence-corrected chi connectivity index (χ1v) is 12.2. The second-order valence-electron chi connectivity index (χ2n) is 9.21. The molecule has 4 rings (SSSR count). The number of carbonyl (C=O) groups is 2. The molecule has 0 atom stereocenters. The largest absolute Gasteiger partial charge is 0.481 e. The van der Waals surface area contributed by atoms with Crippen LogP contribution in [-0.2, 0) is 35.3 Å². The molecule has 33 heavy (non-hydrogen) atoms. The Bertz CT molecular complexity index is 970. The van der Waals surface area contributed by atoms with Gasteiger partial charge < -0.3 is 15.3 Å². The van der Waals surface area contributed by atoms with Crippen molar-refractivity contribution < 1.29 is 14.7 Å². The van der Waals surface area contributed by atoms with Gasteiger partial charge in [0.05, 0.1) is 0 Å². The third-order valence-electron chi connectivity index (χ3n) is 6.90. The van der Waals surface area contributed by atoms with E-state index in [1.807, 2.05) is 17.0 Å². The van der Waals surface area contributed by atoms with Crippen LogP contribution in [0.3, 0.4) is 0 Å². The minimum Gasteiger partial charge on any atom is -0.481 e. The van der Waals surface area contributed by atoms with Crippen molar-refractivity contribution in [2.75, 3.05) is 25.0 Å². The van der Waals surface area contributed by atoms with E-state index in [0.717, 1.165) is 80.9 Å². The monoisotopic (exact) mass is 450 g/mol. The molecule has 176 valence electrons. The van der Waals surface area contributed by atoms with Crippen LogP contribution in [0.15, 0.2) is 30.5 Å². The molecule has 0 radical (unpaired) electrons. The highest BCUT2D eigenvalue weighted by atomic mass is 16.4. The number of anilines is 1. The van der Waals surface area contributed by atoms with E-state index in [-0.39, 0.29) is 12.3 Å². The smallest absolute Gasteiger partial charge is 0.303 e. The Labute approximate surface area is 195 Å². The number of likely N-dealkylation sites (tertiary alicyclic amines) is 1.